The summed E-state index contributed by atoms with van der Waals surface area (Å²) in [5.74, 6) is 0.856. The van der Waals surface area contributed by atoms with E-state index in [2.05, 4.69) is 5.32 Å². The maximum absolute atomic E-state index is 11.8. The molecule has 0 unspecified atom stereocenters. The Balaban J connectivity index is 1.68. The van der Waals surface area contributed by atoms with E-state index < -0.39 is 0 Å². The Hall–Kier alpha value is -2.29. The molecule has 0 atom stereocenters. The first-order valence-corrected chi connectivity index (χ1v) is 7.15. The number of benzene rings is 2. The summed E-state index contributed by atoms with van der Waals surface area (Å²) in [5.41, 5.74) is 3.39. The highest BCUT2D eigenvalue weighted by molar-refractivity contribution is 5.78. The molecule has 21 heavy (non-hydrogen) atoms. The van der Waals surface area contributed by atoms with Crippen LogP contribution in [0.25, 0.3) is 0 Å². The summed E-state index contributed by atoms with van der Waals surface area (Å²) in [7, 11) is 0. The number of aryl methyl sites for hydroxylation is 2. The second-order valence-electron chi connectivity index (χ2n) is 5.18. The van der Waals surface area contributed by atoms with Gasteiger partial charge in [0.15, 0.2) is 0 Å². The minimum atomic E-state index is 0.0201. The second kappa shape index (κ2) is 7.48. The number of ether oxygens (including phenoxy) is 1. The van der Waals surface area contributed by atoms with Crippen LogP contribution < -0.4 is 10.1 Å². The average Bonchev–Trinajstić information content (AvgIpc) is 2.46. The zero-order valence-electron chi connectivity index (χ0n) is 12.6. The van der Waals surface area contributed by atoms with E-state index in [-0.39, 0.29) is 5.91 Å². The van der Waals surface area contributed by atoms with Crippen molar-refractivity contribution >= 4 is 5.91 Å². The van der Waals surface area contributed by atoms with Crippen molar-refractivity contribution in [2.75, 3.05) is 13.2 Å². The standard InChI is InChI=1S/C18H21NO2/c1-14-6-8-16(9-7-14)13-18(20)19-10-11-21-17-5-3-4-15(2)12-17/h3-9,12H,10-11,13H2,1-2H3,(H,19,20). The van der Waals surface area contributed by atoms with E-state index in [1.54, 1.807) is 0 Å². The second-order valence-corrected chi connectivity index (χ2v) is 5.18. The third-order valence-corrected chi connectivity index (χ3v) is 3.17. The van der Waals surface area contributed by atoms with Gasteiger partial charge in [-0.2, -0.15) is 0 Å². The highest BCUT2D eigenvalue weighted by Gasteiger charge is 2.02. The number of nitrogens with one attached hydrogen (secondary N) is 1. The minimum absolute atomic E-state index is 0.0201. The van der Waals surface area contributed by atoms with Crippen LogP contribution >= 0.6 is 0 Å². The molecule has 0 aliphatic carbocycles. The third kappa shape index (κ3) is 5.30. The fraction of sp³-hybridized carbons (Fsp3) is 0.278. The van der Waals surface area contributed by atoms with Crippen molar-refractivity contribution in [3.05, 3.63) is 65.2 Å². The zero-order valence-corrected chi connectivity index (χ0v) is 12.6. The normalized spacial score (nSPS) is 10.2. The van der Waals surface area contributed by atoms with Crippen LogP contribution in [0.2, 0.25) is 0 Å². The molecule has 2 aromatic rings. The summed E-state index contributed by atoms with van der Waals surface area (Å²) in [6.07, 6.45) is 0.407. The molecule has 0 aliphatic rings. The number of carbonyl (C=O) groups excluding carboxylic acids is 1. The molecule has 0 aliphatic heterocycles. The quantitative estimate of drug-likeness (QED) is 0.828. The Morgan fingerprint density at radius 2 is 1.81 bits per heavy atom. The van der Waals surface area contributed by atoms with Crippen LogP contribution in [0.5, 0.6) is 5.75 Å². The Morgan fingerprint density at radius 1 is 1.05 bits per heavy atom. The molecule has 0 radical (unpaired) electrons. The molecule has 3 heteroatoms. The van der Waals surface area contributed by atoms with E-state index in [0.717, 1.165) is 16.9 Å². The third-order valence-electron chi connectivity index (χ3n) is 3.17. The molecule has 0 spiro atoms. The van der Waals surface area contributed by atoms with E-state index >= 15 is 0 Å². The zero-order chi connectivity index (χ0) is 15.1. The first-order valence-electron chi connectivity index (χ1n) is 7.15. The van der Waals surface area contributed by atoms with Crippen LogP contribution in [0.1, 0.15) is 16.7 Å². The predicted molar refractivity (Wildman–Crippen MR) is 84.6 cm³/mol. The number of rotatable bonds is 6. The topological polar surface area (TPSA) is 38.3 Å². The van der Waals surface area contributed by atoms with Gasteiger partial charge in [0, 0.05) is 0 Å². The van der Waals surface area contributed by atoms with Crippen molar-refractivity contribution in [2.45, 2.75) is 20.3 Å². The van der Waals surface area contributed by atoms with Crippen molar-refractivity contribution < 1.29 is 9.53 Å². The van der Waals surface area contributed by atoms with E-state index in [9.17, 15) is 4.79 Å². The highest BCUT2D eigenvalue weighted by Crippen LogP contribution is 2.11. The van der Waals surface area contributed by atoms with Crippen LogP contribution in [-0.2, 0) is 11.2 Å². The predicted octanol–water partition coefficient (Wildman–Crippen LogP) is 3.04. The van der Waals surface area contributed by atoms with E-state index in [1.807, 2.05) is 62.4 Å². The lowest BCUT2D eigenvalue weighted by atomic mass is 10.1. The summed E-state index contributed by atoms with van der Waals surface area (Å²) in [6.45, 7) is 5.05. The molecule has 0 heterocycles. The van der Waals surface area contributed by atoms with Gasteiger partial charge in [-0.15, -0.1) is 0 Å². The van der Waals surface area contributed by atoms with Crippen LogP contribution in [0.4, 0.5) is 0 Å². The van der Waals surface area contributed by atoms with E-state index in [0.29, 0.717) is 19.6 Å². The number of amides is 1. The van der Waals surface area contributed by atoms with Gasteiger partial charge in [-0.25, -0.2) is 0 Å². The Labute approximate surface area is 126 Å². The fourth-order valence-corrected chi connectivity index (χ4v) is 2.02. The Kier molecular flexibility index (Phi) is 5.38. The van der Waals surface area contributed by atoms with E-state index in [1.165, 1.54) is 5.56 Å². The van der Waals surface area contributed by atoms with Crippen LogP contribution in [-0.4, -0.2) is 19.1 Å². The van der Waals surface area contributed by atoms with Gasteiger partial charge in [0.1, 0.15) is 12.4 Å². The molecule has 0 bridgehead atoms. The van der Waals surface area contributed by atoms with Gasteiger partial charge in [0.05, 0.1) is 13.0 Å². The van der Waals surface area contributed by atoms with Crippen molar-refractivity contribution in [3.8, 4) is 5.75 Å². The number of hydrogen-bond acceptors (Lipinski definition) is 2. The molecule has 2 rings (SSSR count). The van der Waals surface area contributed by atoms with Gasteiger partial charge in [0.2, 0.25) is 5.91 Å². The molecule has 3 nitrogen and oxygen atoms in total. The van der Waals surface area contributed by atoms with Gasteiger partial charge in [-0.05, 0) is 37.1 Å². The van der Waals surface area contributed by atoms with Crippen LogP contribution in [0.3, 0.4) is 0 Å². The molecule has 0 saturated carbocycles. The largest absolute Gasteiger partial charge is 0.492 e. The van der Waals surface area contributed by atoms with Crippen molar-refractivity contribution in [1.29, 1.82) is 0 Å². The summed E-state index contributed by atoms with van der Waals surface area (Å²) in [6, 6.07) is 15.9. The smallest absolute Gasteiger partial charge is 0.224 e. The molecule has 0 saturated heterocycles. The molecule has 1 amide bonds. The fourth-order valence-electron chi connectivity index (χ4n) is 2.02. The van der Waals surface area contributed by atoms with Gasteiger partial charge in [-0.1, -0.05) is 42.0 Å². The van der Waals surface area contributed by atoms with Gasteiger partial charge >= 0.3 is 0 Å². The maximum atomic E-state index is 11.8. The van der Waals surface area contributed by atoms with Gasteiger partial charge in [0.25, 0.3) is 0 Å². The minimum Gasteiger partial charge on any atom is -0.492 e. The van der Waals surface area contributed by atoms with Crippen molar-refractivity contribution in [1.82, 2.24) is 5.32 Å². The van der Waals surface area contributed by atoms with Crippen LogP contribution in [0, 0.1) is 13.8 Å². The van der Waals surface area contributed by atoms with Crippen molar-refractivity contribution in [2.24, 2.45) is 0 Å². The Morgan fingerprint density at radius 3 is 2.52 bits per heavy atom. The lowest BCUT2D eigenvalue weighted by Crippen LogP contribution is -2.29. The Bertz CT molecular complexity index is 590. The number of carbonyl (C=O) groups is 1. The molecule has 0 aromatic heterocycles. The molecule has 110 valence electrons. The molecular weight excluding hydrogens is 262 g/mol. The van der Waals surface area contributed by atoms with E-state index in [4.69, 9.17) is 4.74 Å². The molecule has 1 N–H and O–H groups in total. The molecule has 0 fully saturated rings. The lowest BCUT2D eigenvalue weighted by molar-refractivity contribution is -0.120. The first kappa shape index (κ1) is 15.1. The average molecular weight is 283 g/mol. The summed E-state index contributed by atoms with van der Waals surface area (Å²) < 4.78 is 5.59. The monoisotopic (exact) mass is 283 g/mol. The summed E-state index contributed by atoms with van der Waals surface area (Å²) in [4.78, 5) is 11.8. The molecule has 2 aromatic carbocycles. The first-order chi connectivity index (χ1) is 10.1. The van der Waals surface area contributed by atoms with Crippen molar-refractivity contribution in [3.63, 3.8) is 0 Å². The summed E-state index contributed by atoms with van der Waals surface area (Å²) >= 11 is 0. The SMILES string of the molecule is Cc1ccc(CC(=O)NCCOc2cccc(C)c2)cc1. The summed E-state index contributed by atoms with van der Waals surface area (Å²) in [5, 5.41) is 2.87. The van der Waals surface area contributed by atoms with Gasteiger partial charge in [-0.3, -0.25) is 4.79 Å². The van der Waals surface area contributed by atoms with Gasteiger partial charge < -0.3 is 10.1 Å². The van der Waals surface area contributed by atoms with Crippen LogP contribution in [0.15, 0.2) is 48.5 Å². The maximum Gasteiger partial charge on any atom is 0.224 e. The molecular formula is C18H21NO2. The number of hydrogen-bond donors (Lipinski definition) is 1. The lowest BCUT2D eigenvalue weighted by Gasteiger charge is -2.08. The highest BCUT2D eigenvalue weighted by atomic mass is 16.5.